The highest BCUT2D eigenvalue weighted by Crippen LogP contribution is 2.47. The number of amides is 1. The molecule has 2 unspecified atom stereocenters. The van der Waals surface area contributed by atoms with Crippen molar-refractivity contribution in [2.75, 3.05) is 5.32 Å². The standard InChI is InChI=1S/C26H21N3O4S/c1-15-7-3-5-9-18(15)27-23(30)21-22-17-8-4-6-10-19(17)33-26(21,2)28-25-29(22)24(31)20(34-25)13-16-11-12-32-14-16/h3-14,21-22H,1-2H3,(H,27,30)/b20-13-/t21?,22?,26-/m0/s1. The van der Waals surface area contributed by atoms with Crippen molar-refractivity contribution < 1.29 is 13.9 Å². The summed E-state index contributed by atoms with van der Waals surface area (Å²) < 4.78 is 13.6. The highest BCUT2D eigenvalue weighted by Gasteiger charge is 2.55. The van der Waals surface area contributed by atoms with Gasteiger partial charge in [-0.05, 0) is 43.7 Å². The van der Waals surface area contributed by atoms with Crippen molar-refractivity contribution in [2.45, 2.75) is 25.6 Å². The summed E-state index contributed by atoms with van der Waals surface area (Å²) >= 11 is 1.29. The van der Waals surface area contributed by atoms with Gasteiger partial charge in [0, 0.05) is 16.8 Å². The molecule has 2 aromatic heterocycles. The van der Waals surface area contributed by atoms with Crippen molar-refractivity contribution in [1.82, 2.24) is 4.57 Å². The van der Waals surface area contributed by atoms with Crippen LogP contribution < -0.4 is 24.9 Å². The van der Waals surface area contributed by atoms with E-state index in [0.717, 1.165) is 22.4 Å². The summed E-state index contributed by atoms with van der Waals surface area (Å²) in [6, 6.07) is 16.4. The number of furan rings is 1. The zero-order chi connectivity index (χ0) is 23.4. The normalized spacial score (nSPS) is 22.8. The molecule has 34 heavy (non-hydrogen) atoms. The minimum absolute atomic E-state index is 0.192. The molecular weight excluding hydrogens is 450 g/mol. The van der Waals surface area contributed by atoms with E-state index in [1.165, 1.54) is 11.3 Å². The molecule has 0 saturated heterocycles. The van der Waals surface area contributed by atoms with Crippen LogP contribution in [0.1, 0.15) is 29.7 Å². The van der Waals surface area contributed by atoms with Gasteiger partial charge in [-0.2, -0.15) is 0 Å². The average Bonchev–Trinajstić information content (AvgIpc) is 3.42. The van der Waals surface area contributed by atoms with Gasteiger partial charge in [0.2, 0.25) is 11.6 Å². The van der Waals surface area contributed by atoms with E-state index < -0.39 is 17.7 Å². The molecular formula is C26H21N3O4S. The zero-order valence-electron chi connectivity index (χ0n) is 18.5. The van der Waals surface area contributed by atoms with Gasteiger partial charge in [-0.15, -0.1) is 0 Å². The fraction of sp³-hybridized carbons (Fsp3) is 0.192. The van der Waals surface area contributed by atoms with E-state index in [1.54, 1.807) is 29.2 Å². The molecule has 1 amide bonds. The first kappa shape index (κ1) is 20.7. The Balaban J connectivity index is 1.55. The minimum atomic E-state index is -1.17. The Morgan fingerprint density at radius 2 is 1.97 bits per heavy atom. The van der Waals surface area contributed by atoms with Crippen molar-refractivity contribution in [3.63, 3.8) is 0 Å². The lowest BCUT2D eigenvalue weighted by Crippen LogP contribution is -2.59. The third-order valence-corrected chi connectivity index (χ3v) is 7.39. The number of fused-ring (bicyclic) bond motifs is 6. The quantitative estimate of drug-likeness (QED) is 0.497. The topological polar surface area (TPSA) is 85.8 Å². The fourth-order valence-corrected chi connectivity index (χ4v) is 5.87. The predicted molar refractivity (Wildman–Crippen MR) is 129 cm³/mol. The summed E-state index contributed by atoms with van der Waals surface area (Å²) in [5, 5.41) is 3.05. The molecule has 6 rings (SSSR count). The second kappa shape index (κ2) is 7.56. The monoisotopic (exact) mass is 471 g/mol. The van der Waals surface area contributed by atoms with Crippen LogP contribution in [0.25, 0.3) is 6.08 Å². The van der Waals surface area contributed by atoms with E-state index in [4.69, 9.17) is 14.1 Å². The maximum Gasteiger partial charge on any atom is 0.270 e. The van der Waals surface area contributed by atoms with Gasteiger partial charge in [0.15, 0.2) is 4.80 Å². The summed E-state index contributed by atoms with van der Waals surface area (Å²) in [5.74, 6) is -0.365. The summed E-state index contributed by atoms with van der Waals surface area (Å²) in [5.41, 5.74) is 1.88. The van der Waals surface area contributed by atoms with Crippen molar-refractivity contribution in [3.05, 3.63) is 104 Å². The summed E-state index contributed by atoms with van der Waals surface area (Å²) in [4.78, 5) is 32.7. The molecule has 7 nitrogen and oxygen atoms in total. The first-order valence-corrected chi connectivity index (χ1v) is 11.8. The molecule has 4 aromatic rings. The van der Waals surface area contributed by atoms with Crippen LogP contribution in [-0.4, -0.2) is 16.2 Å². The number of rotatable bonds is 3. The average molecular weight is 472 g/mol. The number of carbonyl (C=O) groups is 1. The van der Waals surface area contributed by atoms with Gasteiger partial charge >= 0.3 is 0 Å². The largest absolute Gasteiger partial charge is 0.472 e. The number of hydrogen-bond donors (Lipinski definition) is 1. The molecule has 2 bridgehead atoms. The number of ether oxygens (including phenoxy) is 1. The predicted octanol–water partition coefficient (Wildman–Crippen LogP) is 3.23. The van der Waals surface area contributed by atoms with Crippen LogP contribution in [-0.2, 0) is 4.79 Å². The molecule has 2 aliphatic rings. The second-order valence-corrected chi connectivity index (χ2v) is 9.67. The zero-order valence-corrected chi connectivity index (χ0v) is 19.3. The van der Waals surface area contributed by atoms with Crippen molar-refractivity contribution in [1.29, 1.82) is 0 Å². The number of anilines is 1. The molecule has 0 radical (unpaired) electrons. The number of nitrogens with zero attached hydrogens (tertiary/aromatic N) is 2. The Morgan fingerprint density at radius 3 is 2.76 bits per heavy atom. The minimum Gasteiger partial charge on any atom is -0.472 e. The second-order valence-electron chi connectivity index (χ2n) is 8.66. The van der Waals surface area contributed by atoms with Gasteiger partial charge in [0.1, 0.15) is 11.7 Å². The summed E-state index contributed by atoms with van der Waals surface area (Å²) in [7, 11) is 0. The van der Waals surface area contributed by atoms with E-state index >= 15 is 0 Å². The van der Waals surface area contributed by atoms with Crippen LogP contribution >= 0.6 is 11.3 Å². The number of carbonyl (C=O) groups excluding carboxylic acids is 1. The van der Waals surface area contributed by atoms with E-state index in [0.29, 0.717) is 15.1 Å². The van der Waals surface area contributed by atoms with Crippen molar-refractivity contribution >= 4 is 29.0 Å². The number of nitrogens with one attached hydrogen (secondary N) is 1. The first-order valence-electron chi connectivity index (χ1n) is 10.9. The van der Waals surface area contributed by atoms with Crippen LogP contribution in [0.15, 0.2) is 81.3 Å². The highest BCUT2D eigenvalue weighted by atomic mass is 32.1. The van der Waals surface area contributed by atoms with E-state index in [2.05, 4.69) is 5.32 Å². The maximum absolute atomic E-state index is 13.7. The molecule has 2 aromatic carbocycles. The molecule has 0 spiro atoms. The Kier molecular flexibility index (Phi) is 4.60. The lowest BCUT2D eigenvalue weighted by Gasteiger charge is -2.45. The van der Waals surface area contributed by atoms with Crippen molar-refractivity contribution in [2.24, 2.45) is 10.9 Å². The number of hydrogen-bond acceptors (Lipinski definition) is 6. The van der Waals surface area contributed by atoms with E-state index in [1.807, 2.05) is 62.4 Å². The first-order chi connectivity index (χ1) is 16.4. The van der Waals surface area contributed by atoms with Gasteiger partial charge in [0.25, 0.3) is 5.56 Å². The molecule has 2 aliphatic heterocycles. The molecule has 8 heteroatoms. The Bertz CT molecular complexity index is 1600. The Morgan fingerprint density at radius 1 is 1.18 bits per heavy atom. The maximum atomic E-state index is 13.7. The van der Waals surface area contributed by atoms with Gasteiger partial charge in [-0.1, -0.05) is 47.7 Å². The third kappa shape index (κ3) is 3.13. The van der Waals surface area contributed by atoms with Crippen LogP contribution in [0.4, 0.5) is 5.69 Å². The van der Waals surface area contributed by atoms with Gasteiger partial charge in [-0.3, -0.25) is 14.2 Å². The molecule has 1 N–H and O–H groups in total. The number of aromatic nitrogens is 1. The van der Waals surface area contributed by atoms with E-state index in [-0.39, 0.29) is 11.5 Å². The lowest BCUT2D eigenvalue weighted by molar-refractivity contribution is -0.131. The number of aryl methyl sites for hydroxylation is 1. The molecule has 0 saturated carbocycles. The van der Waals surface area contributed by atoms with E-state index in [9.17, 15) is 9.59 Å². The molecule has 0 fully saturated rings. The number of para-hydroxylation sites is 2. The van der Waals surface area contributed by atoms with Crippen LogP contribution in [0.5, 0.6) is 5.75 Å². The molecule has 170 valence electrons. The fourth-order valence-electron chi connectivity index (χ4n) is 4.78. The third-order valence-electron chi connectivity index (χ3n) is 6.41. The van der Waals surface area contributed by atoms with Crippen molar-refractivity contribution in [3.8, 4) is 5.75 Å². The van der Waals surface area contributed by atoms with Gasteiger partial charge in [-0.25, -0.2) is 4.99 Å². The molecule has 3 atom stereocenters. The number of benzene rings is 2. The summed E-state index contributed by atoms with van der Waals surface area (Å²) in [6.45, 7) is 3.75. The summed E-state index contributed by atoms with van der Waals surface area (Å²) in [6.07, 6.45) is 4.92. The van der Waals surface area contributed by atoms with Gasteiger partial charge in [0.05, 0.1) is 23.1 Å². The Labute approximate surface area is 198 Å². The van der Waals surface area contributed by atoms with Crippen LogP contribution in [0.2, 0.25) is 0 Å². The smallest absolute Gasteiger partial charge is 0.270 e. The number of thiazole rings is 1. The molecule has 0 aliphatic carbocycles. The van der Waals surface area contributed by atoms with Crippen LogP contribution in [0, 0.1) is 12.8 Å². The lowest BCUT2D eigenvalue weighted by atomic mass is 9.80. The van der Waals surface area contributed by atoms with Crippen LogP contribution in [0.3, 0.4) is 0 Å². The molecule has 4 heterocycles. The highest BCUT2D eigenvalue weighted by molar-refractivity contribution is 7.07. The van der Waals surface area contributed by atoms with Gasteiger partial charge < -0.3 is 14.5 Å². The SMILES string of the molecule is Cc1ccccc1NC(=O)C1C2c3ccccc3O[C@]1(C)N=c1s/c(=C\c3ccoc3)c(=O)n12. The Hall–Kier alpha value is -3.91.